The maximum Gasteiger partial charge on any atom is 0.306 e. The molecule has 6 nitrogen and oxygen atoms in total. The van der Waals surface area contributed by atoms with Crippen LogP contribution in [0.5, 0.6) is 0 Å². The highest BCUT2D eigenvalue weighted by Crippen LogP contribution is 2.15. The third kappa shape index (κ3) is 46.2. The van der Waals surface area contributed by atoms with Gasteiger partial charge in [-0.15, -0.1) is 0 Å². The van der Waals surface area contributed by atoms with Gasteiger partial charge in [-0.2, -0.15) is 0 Å². The number of carbonyl (C=O) groups excluding carboxylic acids is 3. The van der Waals surface area contributed by atoms with Crippen molar-refractivity contribution >= 4 is 17.9 Å². The molecular formula is C54H94O6. The highest BCUT2D eigenvalue weighted by atomic mass is 16.6. The van der Waals surface area contributed by atoms with Gasteiger partial charge in [0.2, 0.25) is 0 Å². The average Bonchev–Trinajstić information content (AvgIpc) is 3.24. The molecule has 0 amide bonds. The summed E-state index contributed by atoms with van der Waals surface area (Å²) in [6.45, 7) is 6.46. The zero-order valence-electron chi connectivity index (χ0n) is 39.5. The first kappa shape index (κ1) is 57.1. The molecule has 0 fully saturated rings. The van der Waals surface area contributed by atoms with Crippen LogP contribution in [-0.4, -0.2) is 37.2 Å². The van der Waals surface area contributed by atoms with Crippen LogP contribution in [0.15, 0.2) is 60.8 Å². The fourth-order valence-corrected chi connectivity index (χ4v) is 6.96. The van der Waals surface area contributed by atoms with Gasteiger partial charge in [0, 0.05) is 19.3 Å². The Hall–Kier alpha value is -2.89. The fraction of sp³-hybridized carbons (Fsp3) is 0.759. The van der Waals surface area contributed by atoms with Gasteiger partial charge in [-0.05, 0) is 83.5 Å². The molecule has 0 aliphatic heterocycles. The minimum atomic E-state index is -0.789. The van der Waals surface area contributed by atoms with Gasteiger partial charge in [0.05, 0.1) is 0 Å². The van der Waals surface area contributed by atoms with Gasteiger partial charge in [-0.3, -0.25) is 14.4 Å². The first-order chi connectivity index (χ1) is 29.5. The predicted molar refractivity (Wildman–Crippen MR) is 256 cm³/mol. The van der Waals surface area contributed by atoms with E-state index in [0.717, 1.165) is 89.9 Å². The molecule has 0 bridgehead atoms. The molecule has 0 saturated carbocycles. The average molecular weight is 839 g/mol. The Balaban J connectivity index is 4.40. The molecule has 1 unspecified atom stereocenters. The van der Waals surface area contributed by atoms with Gasteiger partial charge < -0.3 is 14.2 Å². The monoisotopic (exact) mass is 839 g/mol. The Morgan fingerprint density at radius 1 is 0.350 bits per heavy atom. The zero-order valence-corrected chi connectivity index (χ0v) is 39.5. The summed E-state index contributed by atoms with van der Waals surface area (Å²) in [4.78, 5) is 37.9. The normalized spacial score (nSPS) is 12.5. The molecule has 60 heavy (non-hydrogen) atoms. The number of carbonyl (C=O) groups is 3. The maximum absolute atomic E-state index is 12.8. The molecule has 0 N–H and O–H groups in total. The van der Waals surface area contributed by atoms with Gasteiger partial charge in [0.25, 0.3) is 0 Å². The van der Waals surface area contributed by atoms with E-state index in [1.165, 1.54) is 116 Å². The molecule has 0 saturated heterocycles. The molecule has 6 heteroatoms. The number of ether oxygens (including phenoxy) is 3. The molecule has 0 aliphatic rings. The maximum atomic E-state index is 12.8. The van der Waals surface area contributed by atoms with Gasteiger partial charge in [0.15, 0.2) is 6.10 Å². The van der Waals surface area contributed by atoms with E-state index in [-0.39, 0.29) is 31.1 Å². The molecule has 0 aromatic carbocycles. The Morgan fingerprint density at radius 3 is 1.08 bits per heavy atom. The van der Waals surface area contributed by atoms with Crippen molar-refractivity contribution in [3.8, 4) is 0 Å². The SMILES string of the molecule is CC/C=C\C/C=C\C/C=C\CCCCC(=O)OCC(COC(=O)CCCCCCCCC/C=C\C/C=C\CCCCC)OC(=O)CCCCCCCCCCCCCCC. The van der Waals surface area contributed by atoms with E-state index in [4.69, 9.17) is 14.2 Å². The largest absolute Gasteiger partial charge is 0.462 e. The van der Waals surface area contributed by atoms with Crippen molar-refractivity contribution in [2.24, 2.45) is 0 Å². The molecule has 0 heterocycles. The van der Waals surface area contributed by atoms with Crippen molar-refractivity contribution in [2.75, 3.05) is 13.2 Å². The van der Waals surface area contributed by atoms with E-state index in [1.807, 2.05) is 0 Å². The van der Waals surface area contributed by atoms with Crippen molar-refractivity contribution in [1.29, 1.82) is 0 Å². The summed E-state index contributed by atoms with van der Waals surface area (Å²) in [7, 11) is 0. The minimum absolute atomic E-state index is 0.0890. The standard InChI is InChI=1S/C54H94O6/c1-4-7-10-13-16-19-22-25-26-27-28-30-32-35-38-41-44-47-53(56)59-50-51(49-58-52(55)46-43-40-37-34-31-24-21-18-15-12-9-6-3)60-54(57)48-45-42-39-36-33-29-23-20-17-14-11-8-5-2/h9,12,16,18-19,21,25-26,31,34,51H,4-8,10-11,13-15,17,20,22-24,27-30,32-33,35-50H2,1-3H3/b12-9-,19-16-,21-18-,26-25-,34-31-. The Morgan fingerprint density at radius 2 is 0.650 bits per heavy atom. The molecule has 0 radical (unpaired) electrons. The van der Waals surface area contributed by atoms with Crippen molar-refractivity contribution in [3.05, 3.63) is 60.8 Å². The molecule has 0 aliphatic carbocycles. The lowest BCUT2D eigenvalue weighted by atomic mass is 10.0. The Labute approximate surface area is 370 Å². The third-order valence-corrected chi connectivity index (χ3v) is 10.8. The van der Waals surface area contributed by atoms with Crippen LogP contribution in [0.25, 0.3) is 0 Å². The van der Waals surface area contributed by atoms with Crippen LogP contribution < -0.4 is 0 Å². The summed E-state index contributed by atoms with van der Waals surface area (Å²) in [6, 6.07) is 0. The summed E-state index contributed by atoms with van der Waals surface area (Å²) in [6.07, 6.45) is 59.2. The molecule has 0 spiro atoms. The fourth-order valence-electron chi connectivity index (χ4n) is 6.96. The molecule has 0 aromatic heterocycles. The van der Waals surface area contributed by atoms with Crippen LogP contribution in [-0.2, 0) is 28.6 Å². The smallest absolute Gasteiger partial charge is 0.306 e. The van der Waals surface area contributed by atoms with E-state index in [9.17, 15) is 14.4 Å². The van der Waals surface area contributed by atoms with E-state index >= 15 is 0 Å². The van der Waals surface area contributed by atoms with Gasteiger partial charge in [-0.1, -0.05) is 204 Å². The van der Waals surface area contributed by atoms with Crippen molar-refractivity contribution in [1.82, 2.24) is 0 Å². The minimum Gasteiger partial charge on any atom is -0.462 e. The van der Waals surface area contributed by atoms with Gasteiger partial charge >= 0.3 is 17.9 Å². The predicted octanol–water partition coefficient (Wildman–Crippen LogP) is 16.5. The van der Waals surface area contributed by atoms with E-state index in [0.29, 0.717) is 19.3 Å². The van der Waals surface area contributed by atoms with Crippen LogP contribution in [0.1, 0.15) is 245 Å². The summed E-state index contributed by atoms with van der Waals surface area (Å²) in [5, 5.41) is 0. The van der Waals surface area contributed by atoms with Crippen LogP contribution in [0.4, 0.5) is 0 Å². The topological polar surface area (TPSA) is 78.9 Å². The van der Waals surface area contributed by atoms with E-state index < -0.39 is 6.10 Å². The van der Waals surface area contributed by atoms with Crippen molar-refractivity contribution in [2.45, 2.75) is 252 Å². The highest BCUT2D eigenvalue weighted by molar-refractivity contribution is 5.71. The summed E-state index contributed by atoms with van der Waals surface area (Å²) >= 11 is 0. The second-order valence-corrected chi connectivity index (χ2v) is 16.7. The van der Waals surface area contributed by atoms with Gasteiger partial charge in [0.1, 0.15) is 13.2 Å². The molecule has 0 aromatic rings. The molecule has 1 atom stereocenters. The Kier molecular flexibility index (Phi) is 46.4. The number of allylic oxidation sites excluding steroid dienone is 10. The Bertz CT molecular complexity index is 1100. The van der Waals surface area contributed by atoms with Crippen LogP contribution in [0, 0.1) is 0 Å². The number of esters is 3. The van der Waals surface area contributed by atoms with E-state index in [1.54, 1.807) is 0 Å². The van der Waals surface area contributed by atoms with Crippen LogP contribution in [0.2, 0.25) is 0 Å². The number of rotatable bonds is 45. The molecule has 346 valence electrons. The first-order valence-electron chi connectivity index (χ1n) is 25.3. The second kappa shape index (κ2) is 48.8. The van der Waals surface area contributed by atoms with E-state index in [2.05, 4.69) is 81.5 Å². The summed E-state index contributed by atoms with van der Waals surface area (Å²) in [5.41, 5.74) is 0. The zero-order chi connectivity index (χ0) is 43.7. The van der Waals surface area contributed by atoms with Crippen LogP contribution >= 0.6 is 0 Å². The lowest BCUT2D eigenvalue weighted by molar-refractivity contribution is -0.167. The number of unbranched alkanes of at least 4 members (excludes halogenated alkanes) is 24. The highest BCUT2D eigenvalue weighted by Gasteiger charge is 2.19. The van der Waals surface area contributed by atoms with Crippen LogP contribution in [0.3, 0.4) is 0 Å². The third-order valence-electron chi connectivity index (χ3n) is 10.8. The first-order valence-corrected chi connectivity index (χ1v) is 25.3. The van der Waals surface area contributed by atoms with Crippen molar-refractivity contribution < 1.29 is 28.6 Å². The second-order valence-electron chi connectivity index (χ2n) is 16.7. The van der Waals surface area contributed by atoms with Gasteiger partial charge in [-0.25, -0.2) is 0 Å². The number of hydrogen-bond acceptors (Lipinski definition) is 6. The van der Waals surface area contributed by atoms with Crippen molar-refractivity contribution in [3.63, 3.8) is 0 Å². The number of hydrogen-bond donors (Lipinski definition) is 0. The quantitative estimate of drug-likeness (QED) is 0.0263. The lowest BCUT2D eigenvalue weighted by Gasteiger charge is -2.18. The molecule has 0 rings (SSSR count). The lowest BCUT2D eigenvalue weighted by Crippen LogP contribution is -2.30. The summed E-state index contributed by atoms with van der Waals surface area (Å²) < 4.78 is 16.7. The summed E-state index contributed by atoms with van der Waals surface area (Å²) in [5.74, 6) is -0.933. The molecular weight excluding hydrogens is 745 g/mol.